The van der Waals surface area contributed by atoms with Gasteiger partial charge in [-0.3, -0.25) is 14.5 Å². The maximum atomic E-state index is 13.6. The minimum absolute atomic E-state index is 0.0854. The zero-order valence-electron chi connectivity index (χ0n) is 15.1. The number of rotatable bonds is 3. The zero-order chi connectivity index (χ0) is 18.9. The molecule has 0 bridgehead atoms. The van der Waals surface area contributed by atoms with Crippen LogP contribution < -0.4 is 5.32 Å². The lowest BCUT2D eigenvalue weighted by Crippen LogP contribution is -2.57. The summed E-state index contributed by atoms with van der Waals surface area (Å²) in [7, 11) is 0. The van der Waals surface area contributed by atoms with Crippen LogP contribution in [0.15, 0.2) is 18.2 Å². The molecule has 5 nitrogen and oxygen atoms in total. The van der Waals surface area contributed by atoms with Gasteiger partial charge in [0.15, 0.2) is 0 Å². The number of hydrogen-bond donors (Lipinski definition) is 1. The van der Waals surface area contributed by atoms with Crippen LogP contribution in [0, 0.1) is 11.6 Å². The smallest absolute Gasteiger partial charge is 0.257 e. The van der Waals surface area contributed by atoms with E-state index in [0.717, 1.165) is 37.5 Å². The molecule has 0 aromatic heterocycles. The Balaban J connectivity index is 1.97. The van der Waals surface area contributed by atoms with E-state index in [4.69, 9.17) is 4.74 Å². The van der Waals surface area contributed by atoms with Gasteiger partial charge in [0.25, 0.3) is 5.91 Å². The van der Waals surface area contributed by atoms with Crippen molar-refractivity contribution in [2.75, 3.05) is 6.61 Å². The Morgan fingerprint density at radius 2 is 1.77 bits per heavy atom. The second-order valence-electron chi connectivity index (χ2n) is 7.33. The molecule has 1 saturated heterocycles. The van der Waals surface area contributed by atoms with Crippen LogP contribution in [0.1, 0.15) is 56.3 Å². The first kappa shape index (κ1) is 18.8. The van der Waals surface area contributed by atoms with Gasteiger partial charge in [-0.2, -0.15) is 0 Å². The molecule has 1 aromatic carbocycles. The molecule has 2 fully saturated rings. The highest BCUT2D eigenvalue weighted by atomic mass is 19.1. The molecular formula is C19H24F2N2O3. The van der Waals surface area contributed by atoms with Crippen molar-refractivity contribution in [3.05, 3.63) is 35.4 Å². The average Bonchev–Trinajstić information content (AvgIpc) is 2.92. The normalized spacial score (nSPS) is 22.0. The number of nitrogens with zero attached hydrogens (tertiary/aromatic N) is 1. The van der Waals surface area contributed by atoms with Crippen molar-refractivity contribution in [2.45, 2.75) is 63.8 Å². The van der Waals surface area contributed by atoms with Gasteiger partial charge in [0, 0.05) is 17.7 Å². The molecule has 1 saturated carbocycles. The lowest BCUT2D eigenvalue weighted by atomic mass is 9.89. The lowest BCUT2D eigenvalue weighted by Gasteiger charge is -2.41. The third kappa shape index (κ3) is 3.58. The van der Waals surface area contributed by atoms with Crippen LogP contribution in [0.2, 0.25) is 0 Å². The SMILES string of the molecule is CC(C)NC(=O)C1COC2(CCCCC2)N1C(=O)c1cc(F)cc(F)c1. The van der Waals surface area contributed by atoms with Crippen LogP contribution in [0.25, 0.3) is 0 Å². The molecule has 1 spiro atoms. The molecule has 2 amide bonds. The molecule has 1 aliphatic heterocycles. The summed E-state index contributed by atoms with van der Waals surface area (Å²) in [4.78, 5) is 27.2. The molecule has 3 rings (SSSR count). The number of benzene rings is 1. The molecule has 1 aliphatic carbocycles. The fourth-order valence-electron chi connectivity index (χ4n) is 3.87. The fourth-order valence-corrected chi connectivity index (χ4v) is 3.87. The summed E-state index contributed by atoms with van der Waals surface area (Å²) >= 11 is 0. The molecule has 0 radical (unpaired) electrons. The lowest BCUT2D eigenvalue weighted by molar-refractivity contribution is -0.127. The monoisotopic (exact) mass is 366 g/mol. The van der Waals surface area contributed by atoms with Crippen molar-refractivity contribution >= 4 is 11.8 Å². The largest absolute Gasteiger partial charge is 0.353 e. The highest BCUT2D eigenvalue weighted by Crippen LogP contribution is 2.41. The van der Waals surface area contributed by atoms with Crippen molar-refractivity contribution in [3.63, 3.8) is 0 Å². The van der Waals surface area contributed by atoms with Gasteiger partial charge in [0.05, 0.1) is 6.61 Å². The van der Waals surface area contributed by atoms with Crippen molar-refractivity contribution in [2.24, 2.45) is 0 Å². The number of hydrogen-bond acceptors (Lipinski definition) is 3. The van der Waals surface area contributed by atoms with Crippen molar-refractivity contribution in [3.8, 4) is 0 Å². The maximum Gasteiger partial charge on any atom is 0.257 e. The Hall–Kier alpha value is -2.02. The molecule has 1 aromatic rings. The van der Waals surface area contributed by atoms with Gasteiger partial charge < -0.3 is 10.1 Å². The highest BCUT2D eigenvalue weighted by Gasteiger charge is 2.53. The van der Waals surface area contributed by atoms with Crippen LogP contribution in [0.5, 0.6) is 0 Å². The van der Waals surface area contributed by atoms with Crippen LogP contribution >= 0.6 is 0 Å². The second kappa shape index (κ2) is 7.31. The van der Waals surface area contributed by atoms with E-state index in [0.29, 0.717) is 12.8 Å². The fraction of sp³-hybridized carbons (Fsp3) is 0.579. The highest BCUT2D eigenvalue weighted by molar-refractivity contribution is 5.98. The third-order valence-corrected chi connectivity index (χ3v) is 4.96. The first-order chi connectivity index (χ1) is 12.3. The summed E-state index contributed by atoms with van der Waals surface area (Å²) in [5.74, 6) is -2.54. The Bertz CT molecular complexity index is 682. The number of halogens is 2. The molecule has 1 atom stereocenters. The molecule has 142 valence electrons. The van der Waals surface area contributed by atoms with Crippen LogP contribution in [-0.4, -0.2) is 41.1 Å². The predicted octanol–water partition coefficient (Wildman–Crippen LogP) is 2.99. The predicted molar refractivity (Wildman–Crippen MR) is 91.4 cm³/mol. The zero-order valence-corrected chi connectivity index (χ0v) is 15.1. The summed E-state index contributed by atoms with van der Waals surface area (Å²) in [6.07, 6.45) is 4.01. The van der Waals surface area contributed by atoms with Crippen molar-refractivity contribution in [1.29, 1.82) is 0 Å². The summed E-state index contributed by atoms with van der Waals surface area (Å²) in [5, 5.41) is 2.80. The topological polar surface area (TPSA) is 58.6 Å². The Morgan fingerprint density at radius 1 is 1.15 bits per heavy atom. The minimum atomic E-state index is -0.878. The van der Waals surface area contributed by atoms with E-state index in [1.165, 1.54) is 4.90 Å². The Labute approximate surface area is 151 Å². The van der Waals surface area contributed by atoms with E-state index in [2.05, 4.69) is 5.32 Å². The second-order valence-corrected chi connectivity index (χ2v) is 7.33. The summed E-state index contributed by atoms with van der Waals surface area (Å²) in [5.41, 5.74) is -0.989. The van der Waals surface area contributed by atoms with E-state index in [1.54, 1.807) is 0 Å². The number of nitrogens with one attached hydrogen (secondary N) is 1. The quantitative estimate of drug-likeness (QED) is 0.895. The Kier molecular flexibility index (Phi) is 5.27. The molecule has 2 aliphatic rings. The number of ether oxygens (including phenoxy) is 1. The van der Waals surface area contributed by atoms with E-state index < -0.39 is 29.3 Å². The molecule has 7 heteroatoms. The molecule has 1 N–H and O–H groups in total. The molecular weight excluding hydrogens is 342 g/mol. The Morgan fingerprint density at radius 3 is 2.35 bits per heavy atom. The minimum Gasteiger partial charge on any atom is -0.353 e. The standard InChI is InChI=1S/C19H24F2N2O3/c1-12(2)22-17(24)16-11-26-19(6-4-3-5-7-19)23(16)18(25)13-8-14(20)10-15(21)9-13/h8-10,12,16H,3-7,11H2,1-2H3,(H,22,24). The van der Waals surface area contributed by atoms with E-state index in [1.807, 2.05) is 13.8 Å². The number of carbonyl (C=O) groups is 2. The van der Waals surface area contributed by atoms with Gasteiger partial charge in [-0.1, -0.05) is 6.42 Å². The van der Waals surface area contributed by atoms with Gasteiger partial charge in [0.2, 0.25) is 5.91 Å². The summed E-state index contributed by atoms with van der Waals surface area (Å²) < 4.78 is 33.2. The number of carbonyl (C=O) groups excluding carboxylic acids is 2. The van der Waals surface area contributed by atoms with Crippen LogP contribution in [0.4, 0.5) is 8.78 Å². The van der Waals surface area contributed by atoms with Gasteiger partial charge in [-0.25, -0.2) is 8.78 Å². The first-order valence-corrected chi connectivity index (χ1v) is 9.06. The maximum absolute atomic E-state index is 13.6. The van der Waals surface area contributed by atoms with E-state index in [9.17, 15) is 18.4 Å². The van der Waals surface area contributed by atoms with Crippen LogP contribution in [-0.2, 0) is 9.53 Å². The summed E-state index contributed by atoms with van der Waals surface area (Å²) in [6, 6.07) is 1.81. The van der Waals surface area contributed by atoms with Gasteiger partial charge in [-0.15, -0.1) is 0 Å². The van der Waals surface area contributed by atoms with E-state index >= 15 is 0 Å². The molecule has 1 heterocycles. The van der Waals surface area contributed by atoms with E-state index in [-0.39, 0.29) is 24.1 Å². The van der Waals surface area contributed by atoms with Crippen molar-refractivity contribution in [1.82, 2.24) is 10.2 Å². The van der Waals surface area contributed by atoms with Crippen LogP contribution in [0.3, 0.4) is 0 Å². The van der Waals surface area contributed by atoms with Gasteiger partial charge >= 0.3 is 0 Å². The van der Waals surface area contributed by atoms with Gasteiger partial charge in [0.1, 0.15) is 23.4 Å². The third-order valence-electron chi connectivity index (χ3n) is 4.96. The number of amides is 2. The van der Waals surface area contributed by atoms with Crippen molar-refractivity contribution < 1.29 is 23.1 Å². The molecule has 1 unspecified atom stereocenters. The molecule has 26 heavy (non-hydrogen) atoms. The first-order valence-electron chi connectivity index (χ1n) is 9.06. The summed E-state index contributed by atoms with van der Waals surface area (Å²) in [6.45, 7) is 3.75. The average molecular weight is 366 g/mol. The van der Waals surface area contributed by atoms with Gasteiger partial charge in [-0.05, 0) is 51.7 Å².